The van der Waals surface area contributed by atoms with Crippen molar-refractivity contribution in [3.05, 3.63) is 95.0 Å². The molecule has 1 heterocycles. The van der Waals surface area contributed by atoms with E-state index in [0.717, 1.165) is 0 Å². The molecule has 0 radical (unpaired) electrons. The summed E-state index contributed by atoms with van der Waals surface area (Å²) in [6.45, 7) is 0.226. The fourth-order valence-electron chi connectivity index (χ4n) is 3.39. The average molecular weight is 485 g/mol. The van der Waals surface area contributed by atoms with Crippen LogP contribution in [0.25, 0.3) is 0 Å². The van der Waals surface area contributed by atoms with Crippen LogP contribution in [-0.2, 0) is 14.8 Å². The normalized spacial score (nSPS) is 14.7. The number of hydrogen-bond acceptors (Lipinski definition) is 6. The van der Waals surface area contributed by atoms with E-state index in [1.165, 1.54) is 6.07 Å². The first-order valence-electron chi connectivity index (χ1n) is 10.1. The molecule has 7 nitrogen and oxygen atoms in total. The number of ether oxygens (including phenoxy) is 2. The Labute approximate surface area is 197 Å². The van der Waals surface area contributed by atoms with Gasteiger partial charge < -0.3 is 14.4 Å². The third kappa shape index (κ3) is 5.35. The van der Waals surface area contributed by atoms with Gasteiger partial charge in [-0.1, -0.05) is 41.9 Å². The molecule has 1 aliphatic rings. The highest BCUT2D eigenvalue weighted by atomic mass is 35.5. The number of amidine groups is 1. The van der Waals surface area contributed by atoms with E-state index < -0.39 is 22.1 Å². The van der Waals surface area contributed by atoms with E-state index in [1.54, 1.807) is 66.5 Å². The highest BCUT2D eigenvalue weighted by molar-refractivity contribution is 7.90. The Morgan fingerprint density at radius 2 is 1.67 bits per heavy atom. The minimum atomic E-state index is -3.77. The lowest BCUT2D eigenvalue weighted by atomic mass is 10.2. The summed E-state index contributed by atoms with van der Waals surface area (Å²) in [7, 11) is -2.07. The maximum absolute atomic E-state index is 12.7. The number of esters is 1. The molecule has 0 aliphatic carbocycles. The van der Waals surface area contributed by atoms with Gasteiger partial charge >= 0.3 is 5.97 Å². The van der Waals surface area contributed by atoms with Gasteiger partial charge in [-0.25, -0.2) is 4.79 Å². The number of nitrogens with zero attached hydrogens (tertiary/aromatic N) is 2. The SMILES string of the molecule is CN(CC(COc1ccccc1)OC(=O)c1ccc(Cl)cc1)C1=NS(=O)(=O)c2ccccc21. The van der Waals surface area contributed by atoms with Crippen molar-refractivity contribution < 1.29 is 22.7 Å². The number of likely N-dealkylation sites (N-methyl/N-ethyl adjacent to an activating group) is 1. The number of hydrogen-bond donors (Lipinski definition) is 0. The topological polar surface area (TPSA) is 85.3 Å². The molecule has 9 heteroatoms. The summed E-state index contributed by atoms with van der Waals surface area (Å²) in [5, 5.41) is 0.509. The van der Waals surface area contributed by atoms with Crippen molar-refractivity contribution in [1.29, 1.82) is 0 Å². The summed E-state index contributed by atoms with van der Waals surface area (Å²) >= 11 is 5.90. The van der Waals surface area contributed by atoms with Gasteiger partial charge in [0, 0.05) is 17.6 Å². The molecule has 33 heavy (non-hydrogen) atoms. The quantitative estimate of drug-likeness (QED) is 0.471. The molecule has 170 valence electrons. The highest BCUT2D eigenvalue weighted by Gasteiger charge is 2.32. The van der Waals surface area contributed by atoms with Crippen LogP contribution in [0.2, 0.25) is 5.02 Å². The molecule has 1 atom stereocenters. The van der Waals surface area contributed by atoms with Crippen molar-refractivity contribution >= 4 is 33.4 Å². The highest BCUT2D eigenvalue weighted by Crippen LogP contribution is 2.27. The number of rotatable bonds is 7. The van der Waals surface area contributed by atoms with Crippen LogP contribution in [0.3, 0.4) is 0 Å². The summed E-state index contributed by atoms with van der Waals surface area (Å²) in [5.74, 6) is 0.375. The maximum Gasteiger partial charge on any atom is 0.338 e. The predicted molar refractivity (Wildman–Crippen MR) is 125 cm³/mol. The van der Waals surface area contributed by atoms with Gasteiger partial charge in [0.25, 0.3) is 10.0 Å². The van der Waals surface area contributed by atoms with Crippen LogP contribution in [0, 0.1) is 0 Å². The molecule has 0 amide bonds. The van der Waals surface area contributed by atoms with E-state index in [9.17, 15) is 13.2 Å². The third-order valence-corrected chi connectivity index (χ3v) is 6.56. The molecule has 3 aromatic carbocycles. The van der Waals surface area contributed by atoms with Crippen molar-refractivity contribution in [1.82, 2.24) is 4.90 Å². The molecule has 0 saturated heterocycles. The molecule has 0 fully saturated rings. The van der Waals surface area contributed by atoms with Crippen molar-refractivity contribution in [2.45, 2.75) is 11.0 Å². The second-order valence-corrected chi connectivity index (χ2v) is 9.43. The van der Waals surface area contributed by atoms with Crippen LogP contribution in [0.15, 0.2) is 88.2 Å². The first-order chi connectivity index (χ1) is 15.8. The standard InChI is InChI=1S/C24H21ClN2O5S/c1-27(23-21-9-5-6-10-22(21)33(29,30)26-23)15-20(16-31-19-7-3-2-4-8-19)32-24(28)17-11-13-18(25)14-12-17/h2-14,20H,15-16H2,1H3. The van der Waals surface area contributed by atoms with E-state index in [4.69, 9.17) is 21.1 Å². The van der Waals surface area contributed by atoms with E-state index in [-0.39, 0.29) is 23.9 Å². The molecule has 4 rings (SSSR count). The van der Waals surface area contributed by atoms with Crippen molar-refractivity contribution in [2.75, 3.05) is 20.2 Å². The first kappa shape index (κ1) is 22.8. The van der Waals surface area contributed by atoms with Gasteiger partial charge in [0.1, 0.15) is 17.3 Å². The Hall–Kier alpha value is -3.36. The first-order valence-corrected chi connectivity index (χ1v) is 12.0. The number of benzene rings is 3. The zero-order valence-electron chi connectivity index (χ0n) is 17.7. The van der Waals surface area contributed by atoms with Gasteiger partial charge in [0.15, 0.2) is 11.9 Å². The molecule has 0 spiro atoms. The Bertz CT molecular complexity index is 1280. The molecular weight excluding hydrogens is 464 g/mol. The minimum Gasteiger partial charge on any atom is -0.490 e. The van der Waals surface area contributed by atoms with Gasteiger partial charge in [-0.2, -0.15) is 8.42 Å². The number of sulfonamides is 1. The van der Waals surface area contributed by atoms with Gasteiger partial charge in [-0.05, 0) is 48.5 Å². The molecule has 0 N–H and O–H groups in total. The number of fused-ring (bicyclic) bond motifs is 1. The lowest BCUT2D eigenvalue weighted by Gasteiger charge is -2.25. The van der Waals surface area contributed by atoms with E-state index in [2.05, 4.69) is 4.40 Å². The largest absolute Gasteiger partial charge is 0.490 e. The Balaban J connectivity index is 1.53. The number of carbonyl (C=O) groups excluding carboxylic acids is 1. The molecule has 3 aromatic rings. The van der Waals surface area contributed by atoms with Crippen LogP contribution in [0.4, 0.5) is 0 Å². The Morgan fingerprint density at radius 3 is 2.39 bits per heavy atom. The van der Waals surface area contributed by atoms with Crippen molar-refractivity contribution in [3.63, 3.8) is 0 Å². The second kappa shape index (κ2) is 9.64. The summed E-state index contributed by atoms with van der Waals surface area (Å²) in [5.41, 5.74) is 0.852. The molecule has 0 aromatic heterocycles. The Morgan fingerprint density at radius 1 is 1.00 bits per heavy atom. The zero-order valence-corrected chi connectivity index (χ0v) is 19.3. The monoisotopic (exact) mass is 484 g/mol. The van der Waals surface area contributed by atoms with Crippen LogP contribution < -0.4 is 4.74 Å². The van der Waals surface area contributed by atoms with Gasteiger partial charge in [-0.15, -0.1) is 4.40 Å². The van der Waals surface area contributed by atoms with E-state index in [0.29, 0.717) is 21.9 Å². The fourth-order valence-corrected chi connectivity index (χ4v) is 4.77. The predicted octanol–water partition coefficient (Wildman–Crippen LogP) is 4.03. The average Bonchev–Trinajstić information content (AvgIpc) is 3.10. The summed E-state index contributed by atoms with van der Waals surface area (Å²) < 4.78 is 40.3. The van der Waals surface area contributed by atoms with Crippen molar-refractivity contribution in [3.8, 4) is 5.75 Å². The maximum atomic E-state index is 12.7. The smallest absolute Gasteiger partial charge is 0.338 e. The Kier molecular flexibility index (Phi) is 6.67. The van der Waals surface area contributed by atoms with Gasteiger partial charge in [0.2, 0.25) is 0 Å². The summed E-state index contributed by atoms with van der Waals surface area (Å²) in [4.78, 5) is 14.5. The zero-order chi connectivity index (χ0) is 23.4. The number of carbonyl (C=O) groups is 1. The third-order valence-electron chi connectivity index (χ3n) is 4.98. The number of halogens is 1. The molecule has 0 bridgehead atoms. The molecule has 1 aliphatic heterocycles. The fraction of sp³-hybridized carbons (Fsp3) is 0.167. The van der Waals surface area contributed by atoms with Crippen LogP contribution in [0.5, 0.6) is 5.75 Å². The second-order valence-electron chi connectivity index (χ2n) is 7.42. The van der Waals surface area contributed by atoms with Gasteiger partial charge in [0.05, 0.1) is 12.1 Å². The van der Waals surface area contributed by atoms with Crippen LogP contribution in [-0.4, -0.2) is 51.4 Å². The van der Waals surface area contributed by atoms with Crippen molar-refractivity contribution in [2.24, 2.45) is 4.40 Å². The van der Waals surface area contributed by atoms with E-state index in [1.807, 2.05) is 18.2 Å². The van der Waals surface area contributed by atoms with E-state index >= 15 is 0 Å². The molecule has 1 unspecified atom stereocenters. The lowest BCUT2D eigenvalue weighted by Crippen LogP contribution is -2.39. The summed E-state index contributed by atoms with van der Waals surface area (Å²) in [6.07, 6.45) is -0.712. The van der Waals surface area contributed by atoms with Crippen LogP contribution >= 0.6 is 11.6 Å². The lowest BCUT2D eigenvalue weighted by molar-refractivity contribution is 0.0130. The van der Waals surface area contributed by atoms with Gasteiger partial charge in [-0.3, -0.25) is 0 Å². The minimum absolute atomic E-state index is 0.0648. The molecule has 0 saturated carbocycles. The number of para-hydroxylation sites is 1. The molecular formula is C24H21ClN2O5S. The van der Waals surface area contributed by atoms with Crippen LogP contribution in [0.1, 0.15) is 15.9 Å². The summed E-state index contributed by atoms with van der Waals surface area (Å²) in [6, 6.07) is 22.1.